The van der Waals surface area contributed by atoms with Gasteiger partial charge in [-0.15, -0.1) is 11.8 Å². The van der Waals surface area contributed by atoms with Crippen LogP contribution in [0, 0.1) is 5.92 Å². The molecular weight excluding hydrogens is 246 g/mol. The zero-order chi connectivity index (χ0) is 12.5. The molecule has 1 aromatic carbocycles. The molecule has 1 N–H and O–H groups in total. The molecule has 0 bridgehead atoms. The molecule has 1 saturated heterocycles. The van der Waals surface area contributed by atoms with Gasteiger partial charge in [0.1, 0.15) is 0 Å². The van der Waals surface area contributed by atoms with Gasteiger partial charge in [0.05, 0.1) is 6.42 Å². The van der Waals surface area contributed by atoms with Crippen LogP contribution < -0.4 is 0 Å². The summed E-state index contributed by atoms with van der Waals surface area (Å²) in [6, 6.07) is 8.64. The monoisotopic (exact) mass is 263 g/mol. The Bertz CT molecular complexity index is 457. The molecule has 2 aliphatic heterocycles. The Labute approximate surface area is 111 Å². The topological polar surface area (TPSA) is 40.5 Å². The maximum atomic E-state index is 10.6. The van der Waals surface area contributed by atoms with Crippen LogP contribution in [0.15, 0.2) is 29.2 Å². The number of hydrogen-bond donors (Lipinski definition) is 1. The van der Waals surface area contributed by atoms with Crippen LogP contribution in [0.2, 0.25) is 0 Å². The Morgan fingerprint density at radius 3 is 2.94 bits per heavy atom. The van der Waals surface area contributed by atoms with E-state index in [1.807, 2.05) is 11.8 Å². The van der Waals surface area contributed by atoms with E-state index in [9.17, 15) is 4.79 Å². The second-order valence-corrected chi connectivity index (χ2v) is 6.29. The third kappa shape index (κ3) is 2.40. The molecule has 2 heterocycles. The number of rotatable bonds is 4. The Morgan fingerprint density at radius 2 is 2.17 bits per heavy atom. The minimum absolute atomic E-state index is 0.326. The summed E-state index contributed by atoms with van der Waals surface area (Å²) in [5.41, 5.74) is 1.48. The summed E-state index contributed by atoms with van der Waals surface area (Å²) < 4.78 is 0. The number of nitrogens with zero attached hydrogens (tertiary/aromatic N) is 1. The van der Waals surface area contributed by atoms with Crippen molar-refractivity contribution < 1.29 is 9.90 Å². The molecule has 0 amide bonds. The van der Waals surface area contributed by atoms with Crippen molar-refractivity contribution in [2.24, 2.45) is 5.92 Å². The molecule has 0 radical (unpaired) electrons. The minimum atomic E-state index is -0.665. The molecule has 2 aliphatic rings. The Morgan fingerprint density at radius 1 is 1.39 bits per heavy atom. The van der Waals surface area contributed by atoms with Crippen molar-refractivity contribution in [3.8, 4) is 0 Å². The van der Waals surface area contributed by atoms with Crippen LogP contribution >= 0.6 is 11.8 Å². The summed E-state index contributed by atoms with van der Waals surface area (Å²) in [5.74, 6) is 1.49. The van der Waals surface area contributed by atoms with E-state index < -0.39 is 5.97 Å². The Hall–Kier alpha value is -1.00. The van der Waals surface area contributed by atoms with Gasteiger partial charge in [-0.2, -0.15) is 0 Å². The zero-order valence-electron chi connectivity index (χ0n) is 10.2. The highest BCUT2D eigenvalue weighted by Gasteiger charge is 2.32. The van der Waals surface area contributed by atoms with Crippen molar-refractivity contribution in [3.05, 3.63) is 29.8 Å². The third-order valence-corrected chi connectivity index (χ3v) is 5.03. The van der Waals surface area contributed by atoms with Crippen molar-refractivity contribution >= 4 is 17.7 Å². The quantitative estimate of drug-likeness (QED) is 0.905. The molecule has 1 unspecified atom stereocenters. The number of aliphatic carboxylic acids is 1. The molecule has 0 spiro atoms. The van der Waals surface area contributed by atoms with Crippen molar-refractivity contribution in [2.45, 2.75) is 17.2 Å². The van der Waals surface area contributed by atoms with Gasteiger partial charge in [-0.25, -0.2) is 0 Å². The number of benzene rings is 1. The number of carboxylic acid groups (broad SMARTS) is 1. The highest BCUT2D eigenvalue weighted by molar-refractivity contribution is 7.99. The SMILES string of the molecule is O=C(O)CC1CN(CC2CSc3ccccc32)C1. The van der Waals surface area contributed by atoms with Gasteiger partial charge in [0.15, 0.2) is 0 Å². The number of fused-ring (bicyclic) bond motifs is 1. The minimum Gasteiger partial charge on any atom is -0.481 e. The lowest BCUT2D eigenvalue weighted by atomic mass is 9.93. The molecular formula is C14H17NO2S. The van der Waals surface area contributed by atoms with Crippen LogP contribution in [0.25, 0.3) is 0 Å². The van der Waals surface area contributed by atoms with Crippen molar-refractivity contribution in [2.75, 3.05) is 25.4 Å². The van der Waals surface area contributed by atoms with Gasteiger partial charge in [-0.1, -0.05) is 18.2 Å². The van der Waals surface area contributed by atoms with E-state index in [2.05, 4.69) is 29.2 Å². The lowest BCUT2D eigenvalue weighted by Gasteiger charge is -2.40. The number of carboxylic acids is 1. The smallest absolute Gasteiger partial charge is 0.303 e. The second-order valence-electron chi connectivity index (χ2n) is 5.23. The molecule has 1 aromatic rings. The first-order valence-electron chi connectivity index (χ1n) is 6.38. The molecule has 96 valence electrons. The maximum absolute atomic E-state index is 10.6. The van der Waals surface area contributed by atoms with Gasteiger partial charge in [0.25, 0.3) is 0 Å². The van der Waals surface area contributed by atoms with Crippen LogP contribution in [0.1, 0.15) is 17.9 Å². The van der Waals surface area contributed by atoms with Gasteiger partial charge < -0.3 is 10.0 Å². The van der Waals surface area contributed by atoms with Crippen molar-refractivity contribution in [3.63, 3.8) is 0 Å². The zero-order valence-corrected chi connectivity index (χ0v) is 11.0. The Balaban J connectivity index is 1.53. The number of hydrogen-bond acceptors (Lipinski definition) is 3. The molecule has 0 aliphatic carbocycles. The fourth-order valence-corrected chi connectivity index (χ4v) is 4.14. The van der Waals surface area contributed by atoms with Gasteiger partial charge in [0.2, 0.25) is 0 Å². The summed E-state index contributed by atoms with van der Waals surface area (Å²) in [7, 11) is 0. The summed E-state index contributed by atoms with van der Waals surface area (Å²) in [6.45, 7) is 2.99. The lowest BCUT2D eigenvalue weighted by molar-refractivity contribution is -0.139. The average Bonchev–Trinajstić information content (AvgIpc) is 2.69. The second kappa shape index (κ2) is 4.94. The molecule has 3 nitrogen and oxygen atoms in total. The van der Waals surface area contributed by atoms with Gasteiger partial charge >= 0.3 is 5.97 Å². The van der Waals surface area contributed by atoms with Gasteiger partial charge in [0, 0.05) is 36.2 Å². The molecule has 0 saturated carbocycles. The molecule has 0 aromatic heterocycles. The first-order valence-corrected chi connectivity index (χ1v) is 7.37. The van der Waals surface area contributed by atoms with Crippen LogP contribution in [0.3, 0.4) is 0 Å². The number of likely N-dealkylation sites (tertiary alicyclic amines) is 1. The standard InChI is InChI=1S/C14H17NO2S/c16-14(17)5-10-6-15(7-10)8-11-9-18-13-4-2-1-3-12(11)13/h1-4,10-11H,5-9H2,(H,16,17). The summed E-state index contributed by atoms with van der Waals surface area (Å²) >= 11 is 1.94. The summed E-state index contributed by atoms with van der Waals surface area (Å²) in [6.07, 6.45) is 0.326. The normalized spacial score (nSPS) is 23.7. The van der Waals surface area contributed by atoms with Gasteiger partial charge in [-0.3, -0.25) is 4.79 Å². The highest BCUT2D eigenvalue weighted by atomic mass is 32.2. The maximum Gasteiger partial charge on any atom is 0.303 e. The van der Waals surface area contributed by atoms with Crippen LogP contribution in [-0.4, -0.2) is 41.4 Å². The Kier molecular flexibility index (Phi) is 3.31. The van der Waals surface area contributed by atoms with Crippen molar-refractivity contribution in [1.29, 1.82) is 0 Å². The van der Waals surface area contributed by atoms with Crippen molar-refractivity contribution in [1.82, 2.24) is 4.90 Å². The fraction of sp³-hybridized carbons (Fsp3) is 0.500. The predicted molar refractivity (Wildman–Crippen MR) is 72.1 cm³/mol. The third-order valence-electron chi connectivity index (χ3n) is 3.77. The summed E-state index contributed by atoms with van der Waals surface area (Å²) in [4.78, 5) is 14.4. The summed E-state index contributed by atoms with van der Waals surface area (Å²) in [5, 5.41) is 8.73. The first kappa shape index (κ1) is 12.1. The van der Waals surface area contributed by atoms with E-state index >= 15 is 0 Å². The van der Waals surface area contributed by atoms with E-state index in [-0.39, 0.29) is 0 Å². The van der Waals surface area contributed by atoms with E-state index in [0.29, 0.717) is 18.3 Å². The predicted octanol–water partition coefficient (Wildman–Crippen LogP) is 2.28. The van der Waals surface area contributed by atoms with E-state index in [1.54, 1.807) is 0 Å². The van der Waals surface area contributed by atoms with Crippen LogP contribution in [0.5, 0.6) is 0 Å². The molecule has 1 fully saturated rings. The molecule has 4 heteroatoms. The van der Waals surface area contributed by atoms with E-state index in [0.717, 1.165) is 19.6 Å². The molecule has 3 rings (SSSR count). The van der Waals surface area contributed by atoms with E-state index in [4.69, 9.17) is 5.11 Å². The molecule has 1 atom stereocenters. The highest BCUT2D eigenvalue weighted by Crippen LogP contribution is 2.40. The lowest BCUT2D eigenvalue weighted by Crippen LogP contribution is -2.48. The fourth-order valence-electron chi connectivity index (χ4n) is 2.89. The average molecular weight is 263 g/mol. The largest absolute Gasteiger partial charge is 0.481 e. The number of carbonyl (C=O) groups is 1. The van der Waals surface area contributed by atoms with Crippen LogP contribution in [0.4, 0.5) is 0 Å². The van der Waals surface area contributed by atoms with Crippen LogP contribution in [-0.2, 0) is 4.79 Å². The van der Waals surface area contributed by atoms with Gasteiger partial charge in [-0.05, 0) is 17.5 Å². The number of thioether (sulfide) groups is 1. The molecule has 18 heavy (non-hydrogen) atoms. The van der Waals surface area contributed by atoms with E-state index in [1.165, 1.54) is 16.2 Å². The first-order chi connectivity index (χ1) is 8.72.